The minimum absolute atomic E-state index is 0.672. The van der Waals surface area contributed by atoms with Crippen LogP contribution in [-0.4, -0.2) is 30.6 Å². The van der Waals surface area contributed by atoms with Crippen molar-refractivity contribution in [3.05, 3.63) is 21.4 Å². The highest BCUT2D eigenvalue weighted by Gasteiger charge is 2.23. The predicted octanol–water partition coefficient (Wildman–Crippen LogP) is 3.18. The van der Waals surface area contributed by atoms with Gasteiger partial charge < -0.3 is 5.32 Å². The number of rotatable bonds is 4. The van der Waals surface area contributed by atoms with Crippen molar-refractivity contribution in [1.82, 2.24) is 10.2 Å². The normalized spacial score (nSPS) is 23.2. The monoisotopic (exact) mass is 266 g/mol. The summed E-state index contributed by atoms with van der Waals surface area (Å²) >= 11 is 1.96. The molecule has 2 nitrogen and oxygen atoms in total. The van der Waals surface area contributed by atoms with Crippen molar-refractivity contribution in [2.45, 2.75) is 46.7 Å². The average Bonchev–Trinajstić information content (AvgIpc) is 2.67. The molecule has 2 rings (SSSR count). The SMILES string of the molecule is CCC(C)C1CN(Cc2cc(C)c(C)s2)CCN1. The van der Waals surface area contributed by atoms with Crippen LogP contribution in [0.2, 0.25) is 0 Å². The zero-order valence-corrected chi connectivity index (χ0v) is 12.9. The Morgan fingerprint density at radius 1 is 1.50 bits per heavy atom. The standard InChI is InChI=1S/C15H26N2S/c1-5-11(2)15-10-17(7-6-16-15)9-14-8-12(3)13(4)18-14/h8,11,15-16H,5-7,9-10H2,1-4H3. The molecule has 0 saturated carbocycles. The summed E-state index contributed by atoms with van der Waals surface area (Å²) in [5, 5.41) is 3.66. The van der Waals surface area contributed by atoms with Gasteiger partial charge in [-0.15, -0.1) is 11.3 Å². The molecule has 1 saturated heterocycles. The first-order chi connectivity index (χ1) is 8.60. The van der Waals surface area contributed by atoms with Crippen molar-refractivity contribution >= 4 is 11.3 Å². The maximum absolute atomic E-state index is 3.66. The van der Waals surface area contributed by atoms with Crippen LogP contribution in [0.4, 0.5) is 0 Å². The van der Waals surface area contributed by atoms with E-state index in [1.807, 2.05) is 11.3 Å². The first kappa shape index (κ1) is 14.0. The second-order valence-corrected chi connectivity index (χ2v) is 6.97. The van der Waals surface area contributed by atoms with Crippen LogP contribution in [-0.2, 0) is 6.54 Å². The number of thiophene rings is 1. The molecule has 0 aromatic carbocycles. The van der Waals surface area contributed by atoms with E-state index in [1.165, 1.54) is 34.8 Å². The van der Waals surface area contributed by atoms with E-state index in [0.29, 0.717) is 6.04 Å². The lowest BCUT2D eigenvalue weighted by Crippen LogP contribution is -2.52. The number of piperazine rings is 1. The van der Waals surface area contributed by atoms with E-state index in [0.717, 1.165) is 19.0 Å². The van der Waals surface area contributed by atoms with Gasteiger partial charge in [-0.05, 0) is 31.4 Å². The third-order valence-corrected chi connectivity index (χ3v) is 5.35. The highest BCUT2D eigenvalue weighted by Crippen LogP contribution is 2.23. The van der Waals surface area contributed by atoms with Crippen LogP contribution in [0.5, 0.6) is 0 Å². The summed E-state index contributed by atoms with van der Waals surface area (Å²) in [4.78, 5) is 5.60. The van der Waals surface area contributed by atoms with E-state index in [4.69, 9.17) is 0 Å². The lowest BCUT2D eigenvalue weighted by atomic mass is 9.97. The molecule has 1 aliphatic heterocycles. The van der Waals surface area contributed by atoms with Gasteiger partial charge in [0.25, 0.3) is 0 Å². The molecule has 1 aromatic heterocycles. The summed E-state index contributed by atoms with van der Waals surface area (Å²) in [5.41, 5.74) is 1.45. The van der Waals surface area contributed by atoms with Crippen LogP contribution in [0.15, 0.2) is 6.07 Å². The molecule has 102 valence electrons. The Balaban J connectivity index is 1.93. The number of nitrogens with one attached hydrogen (secondary N) is 1. The number of hydrogen-bond acceptors (Lipinski definition) is 3. The Morgan fingerprint density at radius 3 is 2.89 bits per heavy atom. The van der Waals surface area contributed by atoms with Crippen molar-refractivity contribution in [3.63, 3.8) is 0 Å². The third kappa shape index (κ3) is 3.34. The Morgan fingerprint density at radius 2 is 2.28 bits per heavy atom. The van der Waals surface area contributed by atoms with E-state index in [2.05, 4.69) is 44.0 Å². The summed E-state index contributed by atoms with van der Waals surface area (Å²) in [6, 6.07) is 3.03. The van der Waals surface area contributed by atoms with Crippen LogP contribution in [0.3, 0.4) is 0 Å². The molecular formula is C15H26N2S. The quantitative estimate of drug-likeness (QED) is 0.900. The number of aryl methyl sites for hydroxylation is 2. The lowest BCUT2D eigenvalue weighted by Gasteiger charge is -2.36. The van der Waals surface area contributed by atoms with Gasteiger partial charge >= 0.3 is 0 Å². The maximum atomic E-state index is 3.66. The molecule has 0 bridgehead atoms. The fourth-order valence-corrected chi connectivity index (χ4v) is 3.70. The predicted molar refractivity (Wildman–Crippen MR) is 80.3 cm³/mol. The zero-order valence-electron chi connectivity index (χ0n) is 12.1. The number of hydrogen-bond donors (Lipinski definition) is 1. The van der Waals surface area contributed by atoms with E-state index >= 15 is 0 Å². The van der Waals surface area contributed by atoms with Crippen molar-refractivity contribution < 1.29 is 0 Å². The molecule has 1 aromatic rings. The molecule has 1 aliphatic rings. The zero-order chi connectivity index (χ0) is 13.1. The van der Waals surface area contributed by atoms with Crippen LogP contribution >= 0.6 is 11.3 Å². The largest absolute Gasteiger partial charge is 0.311 e. The van der Waals surface area contributed by atoms with E-state index < -0.39 is 0 Å². The van der Waals surface area contributed by atoms with E-state index in [9.17, 15) is 0 Å². The Hall–Kier alpha value is -0.380. The van der Waals surface area contributed by atoms with E-state index in [-0.39, 0.29) is 0 Å². The second-order valence-electron chi connectivity index (χ2n) is 5.63. The first-order valence-electron chi connectivity index (χ1n) is 7.11. The topological polar surface area (TPSA) is 15.3 Å². The first-order valence-corrected chi connectivity index (χ1v) is 7.93. The van der Waals surface area contributed by atoms with Gasteiger partial charge in [0.2, 0.25) is 0 Å². The van der Waals surface area contributed by atoms with Crippen LogP contribution in [0, 0.1) is 19.8 Å². The molecule has 0 amide bonds. The fourth-order valence-electron chi connectivity index (χ4n) is 2.60. The van der Waals surface area contributed by atoms with Gasteiger partial charge in [-0.1, -0.05) is 20.3 Å². The molecule has 1 fully saturated rings. The molecule has 2 unspecified atom stereocenters. The molecule has 2 heterocycles. The average molecular weight is 266 g/mol. The third-order valence-electron chi connectivity index (χ3n) is 4.22. The van der Waals surface area contributed by atoms with Gasteiger partial charge in [0.1, 0.15) is 0 Å². The second kappa shape index (κ2) is 6.18. The van der Waals surface area contributed by atoms with Crippen molar-refractivity contribution in [3.8, 4) is 0 Å². The van der Waals surface area contributed by atoms with Crippen molar-refractivity contribution in [1.29, 1.82) is 0 Å². The van der Waals surface area contributed by atoms with Crippen LogP contribution in [0.1, 0.15) is 35.6 Å². The highest BCUT2D eigenvalue weighted by atomic mass is 32.1. The minimum atomic E-state index is 0.672. The maximum Gasteiger partial charge on any atom is 0.0329 e. The van der Waals surface area contributed by atoms with Gasteiger partial charge in [0.15, 0.2) is 0 Å². The molecule has 2 atom stereocenters. The summed E-state index contributed by atoms with van der Waals surface area (Å²) in [7, 11) is 0. The summed E-state index contributed by atoms with van der Waals surface area (Å²) in [6.45, 7) is 13.7. The van der Waals surface area contributed by atoms with E-state index in [1.54, 1.807) is 0 Å². The fraction of sp³-hybridized carbons (Fsp3) is 0.733. The van der Waals surface area contributed by atoms with Gasteiger partial charge in [-0.25, -0.2) is 0 Å². The van der Waals surface area contributed by atoms with Crippen molar-refractivity contribution in [2.75, 3.05) is 19.6 Å². The smallest absolute Gasteiger partial charge is 0.0329 e. The van der Waals surface area contributed by atoms with Gasteiger partial charge in [-0.2, -0.15) is 0 Å². The Bertz CT molecular complexity index is 366. The molecule has 0 radical (unpaired) electrons. The summed E-state index contributed by atoms with van der Waals surface area (Å²) < 4.78 is 0. The highest BCUT2D eigenvalue weighted by molar-refractivity contribution is 7.12. The van der Waals surface area contributed by atoms with Gasteiger partial charge in [0, 0.05) is 42.0 Å². The van der Waals surface area contributed by atoms with Crippen molar-refractivity contribution in [2.24, 2.45) is 5.92 Å². The lowest BCUT2D eigenvalue weighted by molar-refractivity contribution is 0.163. The van der Waals surface area contributed by atoms with Crippen LogP contribution < -0.4 is 5.32 Å². The molecule has 0 spiro atoms. The number of nitrogens with zero attached hydrogens (tertiary/aromatic N) is 1. The molecular weight excluding hydrogens is 240 g/mol. The minimum Gasteiger partial charge on any atom is -0.311 e. The molecule has 3 heteroatoms. The molecule has 18 heavy (non-hydrogen) atoms. The van der Waals surface area contributed by atoms with Gasteiger partial charge in [-0.3, -0.25) is 4.90 Å². The Labute approximate surface area is 115 Å². The van der Waals surface area contributed by atoms with Crippen LogP contribution in [0.25, 0.3) is 0 Å². The summed E-state index contributed by atoms with van der Waals surface area (Å²) in [5.74, 6) is 0.777. The molecule has 1 N–H and O–H groups in total. The summed E-state index contributed by atoms with van der Waals surface area (Å²) in [6.07, 6.45) is 1.27. The molecule has 0 aliphatic carbocycles. The van der Waals surface area contributed by atoms with Gasteiger partial charge in [0.05, 0.1) is 0 Å². The Kier molecular flexibility index (Phi) is 4.82.